The predicted molar refractivity (Wildman–Crippen MR) is 81.8 cm³/mol. The Hall–Kier alpha value is -1.63. The van der Waals surface area contributed by atoms with Gasteiger partial charge in [0.25, 0.3) is 5.91 Å². The van der Waals surface area contributed by atoms with Crippen LogP contribution in [-0.4, -0.2) is 25.6 Å². The van der Waals surface area contributed by atoms with Crippen molar-refractivity contribution in [3.8, 4) is 0 Å². The number of sulfone groups is 1. The molecule has 21 heavy (non-hydrogen) atoms. The maximum absolute atomic E-state index is 12.1. The van der Waals surface area contributed by atoms with Gasteiger partial charge in [0.05, 0.1) is 15.5 Å². The van der Waals surface area contributed by atoms with Crippen molar-refractivity contribution in [2.45, 2.75) is 4.90 Å². The quantitative estimate of drug-likeness (QED) is 0.868. The Labute approximate surface area is 131 Å². The maximum atomic E-state index is 12.1. The zero-order valence-corrected chi connectivity index (χ0v) is 13.1. The molecule has 0 aliphatic heterocycles. The van der Waals surface area contributed by atoms with Crippen LogP contribution >= 0.6 is 23.2 Å². The second-order valence-corrected chi connectivity index (χ2v) is 7.05. The summed E-state index contributed by atoms with van der Waals surface area (Å²) in [5, 5.41) is 2.85. The molecule has 1 aromatic heterocycles. The molecule has 2 aromatic rings. The van der Waals surface area contributed by atoms with Crippen LogP contribution in [0.3, 0.4) is 0 Å². The van der Waals surface area contributed by atoms with E-state index in [9.17, 15) is 13.2 Å². The number of hydrogen-bond donors (Lipinski definition) is 1. The van der Waals surface area contributed by atoms with Crippen molar-refractivity contribution < 1.29 is 13.2 Å². The molecule has 1 N–H and O–H groups in total. The van der Waals surface area contributed by atoms with E-state index < -0.39 is 15.7 Å². The highest BCUT2D eigenvalue weighted by Crippen LogP contribution is 2.21. The van der Waals surface area contributed by atoms with Gasteiger partial charge in [0.2, 0.25) is 0 Å². The van der Waals surface area contributed by atoms with Crippen molar-refractivity contribution in [2.75, 3.05) is 11.6 Å². The van der Waals surface area contributed by atoms with Crippen LogP contribution in [0.15, 0.2) is 41.4 Å². The molecule has 1 aromatic carbocycles. The molecular weight excluding hydrogens is 335 g/mol. The molecule has 2 rings (SSSR count). The number of pyridine rings is 1. The topological polar surface area (TPSA) is 76.1 Å². The van der Waals surface area contributed by atoms with Crippen LogP contribution in [0.4, 0.5) is 5.69 Å². The fourth-order valence-corrected chi connectivity index (χ4v) is 2.60. The fourth-order valence-electron chi connectivity index (χ4n) is 1.59. The Morgan fingerprint density at radius 1 is 1.24 bits per heavy atom. The van der Waals surface area contributed by atoms with Crippen molar-refractivity contribution in [2.24, 2.45) is 0 Å². The maximum Gasteiger partial charge on any atom is 0.257 e. The first-order chi connectivity index (χ1) is 9.77. The number of carbonyl (C=O) groups is 1. The molecule has 110 valence electrons. The molecule has 0 atom stereocenters. The van der Waals surface area contributed by atoms with Gasteiger partial charge in [-0.05, 0) is 24.3 Å². The Balaban J connectivity index is 2.30. The van der Waals surface area contributed by atoms with E-state index in [1.165, 1.54) is 30.5 Å². The molecule has 0 radical (unpaired) electrons. The van der Waals surface area contributed by atoms with Crippen molar-refractivity contribution in [3.05, 3.63) is 52.3 Å². The number of benzene rings is 1. The van der Waals surface area contributed by atoms with Gasteiger partial charge < -0.3 is 5.32 Å². The van der Waals surface area contributed by atoms with Gasteiger partial charge in [0.1, 0.15) is 5.15 Å². The highest BCUT2D eigenvalue weighted by atomic mass is 35.5. The molecule has 8 heteroatoms. The normalized spacial score (nSPS) is 11.2. The Kier molecular flexibility index (Phi) is 4.51. The predicted octanol–water partition coefficient (Wildman–Crippen LogP) is 3.04. The van der Waals surface area contributed by atoms with Gasteiger partial charge in [-0.2, -0.15) is 0 Å². The third-order valence-electron chi connectivity index (χ3n) is 2.59. The lowest BCUT2D eigenvalue weighted by atomic mass is 10.2. The smallest absolute Gasteiger partial charge is 0.257 e. The van der Waals surface area contributed by atoms with Crippen molar-refractivity contribution in [1.82, 2.24) is 4.98 Å². The number of nitrogens with one attached hydrogen (secondary N) is 1. The van der Waals surface area contributed by atoms with Gasteiger partial charge in [0.15, 0.2) is 9.84 Å². The molecule has 1 amide bonds. The molecule has 5 nitrogen and oxygen atoms in total. The van der Waals surface area contributed by atoms with Crippen LogP contribution in [0.25, 0.3) is 0 Å². The van der Waals surface area contributed by atoms with Crippen LogP contribution in [0.1, 0.15) is 10.4 Å². The van der Waals surface area contributed by atoms with Gasteiger partial charge >= 0.3 is 0 Å². The number of halogens is 2. The van der Waals surface area contributed by atoms with E-state index in [1.807, 2.05) is 0 Å². The number of carbonyl (C=O) groups excluding carboxylic acids is 1. The Bertz CT molecular complexity index is 807. The van der Waals surface area contributed by atoms with Gasteiger partial charge in [0, 0.05) is 18.1 Å². The lowest BCUT2D eigenvalue weighted by Crippen LogP contribution is -2.13. The van der Waals surface area contributed by atoms with Crippen molar-refractivity contribution >= 4 is 44.6 Å². The molecule has 0 fully saturated rings. The van der Waals surface area contributed by atoms with E-state index in [0.29, 0.717) is 5.69 Å². The first kappa shape index (κ1) is 15.8. The Morgan fingerprint density at radius 3 is 2.62 bits per heavy atom. The van der Waals surface area contributed by atoms with Gasteiger partial charge in [-0.3, -0.25) is 4.79 Å². The molecule has 0 saturated carbocycles. The van der Waals surface area contributed by atoms with Crippen LogP contribution in [0, 0.1) is 0 Å². The Morgan fingerprint density at radius 2 is 1.95 bits per heavy atom. The largest absolute Gasteiger partial charge is 0.322 e. The van der Waals surface area contributed by atoms with Gasteiger partial charge in [-0.15, -0.1) is 0 Å². The first-order valence-corrected chi connectivity index (χ1v) is 8.34. The summed E-state index contributed by atoms with van der Waals surface area (Å²) < 4.78 is 23.0. The number of nitrogens with zero attached hydrogens (tertiary/aromatic N) is 1. The van der Waals surface area contributed by atoms with E-state index in [0.717, 1.165) is 6.26 Å². The molecule has 0 aliphatic rings. The SMILES string of the molecule is CS(=O)(=O)c1cccc(NC(=O)c2cc(Cl)ncc2Cl)c1. The van der Waals surface area contributed by atoms with Gasteiger partial charge in [-0.25, -0.2) is 13.4 Å². The van der Waals surface area contributed by atoms with E-state index >= 15 is 0 Å². The van der Waals surface area contributed by atoms with E-state index in [2.05, 4.69) is 10.3 Å². The zero-order chi connectivity index (χ0) is 15.6. The molecule has 1 heterocycles. The number of anilines is 1. The second-order valence-electron chi connectivity index (χ2n) is 4.24. The average Bonchev–Trinajstić information content (AvgIpc) is 2.41. The molecule has 0 unspecified atom stereocenters. The summed E-state index contributed by atoms with van der Waals surface area (Å²) in [5.41, 5.74) is 0.494. The summed E-state index contributed by atoms with van der Waals surface area (Å²) in [4.78, 5) is 16.0. The van der Waals surface area contributed by atoms with E-state index in [-0.39, 0.29) is 20.6 Å². The lowest BCUT2D eigenvalue weighted by molar-refractivity contribution is 0.102. The zero-order valence-electron chi connectivity index (χ0n) is 10.8. The van der Waals surface area contributed by atoms with Crippen LogP contribution < -0.4 is 5.32 Å². The number of aromatic nitrogens is 1. The van der Waals surface area contributed by atoms with E-state index in [1.54, 1.807) is 6.07 Å². The monoisotopic (exact) mass is 344 g/mol. The molecular formula is C13H10Cl2N2O3S. The molecule has 0 bridgehead atoms. The minimum atomic E-state index is -3.35. The standard InChI is InChI=1S/C13H10Cl2N2O3S/c1-21(19,20)9-4-2-3-8(5-9)17-13(18)10-6-12(15)16-7-11(10)14/h2-7H,1H3,(H,17,18). The summed E-state index contributed by atoms with van der Waals surface area (Å²) >= 11 is 11.6. The first-order valence-electron chi connectivity index (χ1n) is 5.70. The highest BCUT2D eigenvalue weighted by Gasteiger charge is 2.13. The minimum absolute atomic E-state index is 0.110. The van der Waals surface area contributed by atoms with Crippen LogP contribution in [0.5, 0.6) is 0 Å². The van der Waals surface area contributed by atoms with Crippen LogP contribution in [0.2, 0.25) is 10.2 Å². The lowest BCUT2D eigenvalue weighted by Gasteiger charge is -2.08. The van der Waals surface area contributed by atoms with Crippen LogP contribution in [-0.2, 0) is 9.84 Å². The summed E-state index contributed by atoms with van der Waals surface area (Å²) in [6, 6.07) is 7.25. The number of rotatable bonds is 3. The van der Waals surface area contributed by atoms with Crippen molar-refractivity contribution in [1.29, 1.82) is 0 Å². The highest BCUT2D eigenvalue weighted by molar-refractivity contribution is 7.90. The van der Waals surface area contributed by atoms with Gasteiger partial charge in [-0.1, -0.05) is 29.3 Å². The summed E-state index contributed by atoms with van der Waals surface area (Å²) in [7, 11) is -3.35. The van der Waals surface area contributed by atoms with Crippen molar-refractivity contribution in [3.63, 3.8) is 0 Å². The second kappa shape index (κ2) is 6.01. The summed E-state index contributed by atoms with van der Waals surface area (Å²) in [6.07, 6.45) is 2.36. The average molecular weight is 345 g/mol. The molecule has 0 spiro atoms. The molecule has 0 saturated heterocycles. The summed E-state index contributed by atoms with van der Waals surface area (Å²) in [5.74, 6) is -0.505. The third kappa shape index (κ3) is 3.93. The third-order valence-corrected chi connectivity index (χ3v) is 4.20. The molecule has 0 aliphatic carbocycles. The number of amides is 1. The summed E-state index contributed by atoms with van der Waals surface area (Å²) in [6.45, 7) is 0. The minimum Gasteiger partial charge on any atom is -0.322 e. The number of hydrogen-bond acceptors (Lipinski definition) is 4. The fraction of sp³-hybridized carbons (Fsp3) is 0.0769. The van der Waals surface area contributed by atoms with E-state index in [4.69, 9.17) is 23.2 Å².